The highest BCUT2D eigenvalue weighted by atomic mass is 32.2. The predicted octanol–water partition coefficient (Wildman–Crippen LogP) is 12.4. The second-order valence-corrected chi connectivity index (χ2v) is 22.0. The Kier molecular flexibility index (Phi) is 5.87. The summed E-state index contributed by atoms with van der Waals surface area (Å²) in [5, 5.41) is 0. The van der Waals surface area contributed by atoms with Crippen molar-refractivity contribution >= 4 is 157 Å². The van der Waals surface area contributed by atoms with E-state index in [9.17, 15) is 0 Å². The molecule has 0 spiro atoms. The number of thioether (sulfide) groups is 4. The van der Waals surface area contributed by atoms with Gasteiger partial charge in [-0.15, -0.1) is 90.7 Å². The standard InChI is InChI=1S/C22H8S12/c1-2-6-10-9(5-1)23-13-14(24-10)28-18-17(27-13)31-21(32-18)22-33-19-20(34-22)30-16-15(29-19)25-11-7-3-4-8-12(11)26-16/h1-8H. The molecule has 6 heterocycles. The maximum atomic E-state index is 2.25. The molecule has 2 aromatic carbocycles. The Labute approximate surface area is 242 Å². The molecule has 12 heteroatoms. The molecule has 0 aliphatic carbocycles. The van der Waals surface area contributed by atoms with Crippen LogP contribution in [0.3, 0.4) is 0 Å². The van der Waals surface area contributed by atoms with Crippen molar-refractivity contribution in [2.45, 2.75) is 16.8 Å². The maximum absolute atomic E-state index is 2.25. The lowest BCUT2D eigenvalue weighted by molar-refractivity contribution is 1.54. The number of rotatable bonds is 0. The first-order chi connectivity index (χ1) is 16.8. The summed E-state index contributed by atoms with van der Waals surface area (Å²) in [6, 6.07) is 17.6. The van der Waals surface area contributed by atoms with Crippen molar-refractivity contribution in [3.05, 3.63) is 72.4 Å². The van der Waals surface area contributed by atoms with Crippen LogP contribution in [0.1, 0.15) is 0 Å². The SMILES string of the molecule is c1ccc2sc3sc4c(sc=3sc2c1)SC(=C1Sc2sc3sc5ccccc5sc=3sc2S1)S4. The van der Waals surface area contributed by atoms with Gasteiger partial charge in [-0.2, -0.15) is 0 Å². The third-order valence-electron chi connectivity index (χ3n) is 4.83. The van der Waals surface area contributed by atoms with Gasteiger partial charge in [0.25, 0.3) is 0 Å². The van der Waals surface area contributed by atoms with E-state index in [1.807, 2.05) is 138 Å². The molecule has 0 unspecified atom stereocenters. The van der Waals surface area contributed by atoms with Crippen LogP contribution in [0.25, 0.3) is 18.8 Å². The minimum Gasteiger partial charge on any atom is -0.122 e. The van der Waals surface area contributed by atoms with Crippen LogP contribution in [0.4, 0.5) is 0 Å². The monoisotopic (exact) mass is 656 g/mol. The average Bonchev–Trinajstić information content (AvgIpc) is 3.46. The lowest BCUT2D eigenvalue weighted by Crippen LogP contribution is -1.69. The van der Waals surface area contributed by atoms with Gasteiger partial charge in [0.2, 0.25) is 0 Å². The fourth-order valence-electron chi connectivity index (χ4n) is 3.35. The van der Waals surface area contributed by atoms with Crippen molar-refractivity contribution in [3.8, 4) is 0 Å². The average molecular weight is 657 g/mol. The minimum atomic E-state index is 1.39. The third-order valence-corrected chi connectivity index (χ3v) is 22.8. The molecular weight excluding hydrogens is 649 g/mol. The Morgan fingerprint density at radius 2 is 0.588 bits per heavy atom. The summed E-state index contributed by atoms with van der Waals surface area (Å²) in [5.41, 5.74) is 0. The van der Waals surface area contributed by atoms with E-state index in [-0.39, 0.29) is 0 Å². The number of fused-ring (bicyclic) bond motifs is 4. The first kappa shape index (κ1) is 22.3. The third kappa shape index (κ3) is 3.88. The van der Waals surface area contributed by atoms with Gasteiger partial charge in [0.15, 0.2) is 0 Å². The molecule has 0 amide bonds. The number of benzene rings is 2. The molecule has 0 N–H and O–H groups in total. The molecule has 8 rings (SSSR count). The van der Waals surface area contributed by atoms with Crippen LogP contribution in [-0.4, -0.2) is 0 Å². The lowest BCUT2D eigenvalue weighted by Gasteiger charge is -1.99. The summed E-state index contributed by atoms with van der Waals surface area (Å²) < 4.78 is 20.2. The molecule has 0 saturated heterocycles. The second-order valence-electron chi connectivity index (χ2n) is 6.99. The molecule has 0 saturated carbocycles. The molecule has 0 aromatic heterocycles. The highest BCUT2D eigenvalue weighted by Crippen LogP contribution is 2.64. The van der Waals surface area contributed by atoms with Crippen molar-refractivity contribution in [2.75, 3.05) is 0 Å². The largest absolute Gasteiger partial charge is 0.122 e. The van der Waals surface area contributed by atoms with Crippen LogP contribution in [0.2, 0.25) is 0 Å². The van der Waals surface area contributed by atoms with Crippen molar-refractivity contribution in [3.63, 3.8) is 0 Å². The molecule has 0 fully saturated rings. The number of hydrogen-bond donors (Lipinski definition) is 0. The molecule has 168 valence electrons. The van der Waals surface area contributed by atoms with E-state index in [4.69, 9.17) is 0 Å². The molecular formula is C22H8S12. The zero-order chi connectivity index (χ0) is 22.2. The van der Waals surface area contributed by atoms with E-state index in [2.05, 4.69) is 48.5 Å². The van der Waals surface area contributed by atoms with Crippen LogP contribution in [-0.2, 0) is 0 Å². The molecule has 6 aliphatic heterocycles. The molecule has 0 atom stereocenters. The Hall–Kier alpha value is 0.300. The maximum Gasteiger partial charge on any atom is 0.108 e. The van der Waals surface area contributed by atoms with E-state index in [0.29, 0.717) is 0 Å². The Bertz CT molecular complexity index is 1700. The van der Waals surface area contributed by atoms with Gasteiger partial charge in [-0.3, -0.25) is 0 Å². The molecule has 0 bridgehead atoms. The summed E-state index contributed by atoms with van der Waals surface area (Å²) >= 11 is 23.6. The highest BCUT2D eigenvalue weighted by Gasteiger charge is 2.29. The van der Waals surface area contributed by atoms with Gasteiger partial charge >= 0.3 is 0 Å². The van der Waals surface area contributed by atoms with Gasteiger partial charge in [0, 0.05) is 18.8 Å². The van der Waals surface area contributed by atoms with E-state index >= 15 is 0 Å². The molecule has 0 radical (unpaired) electrons. The summed E-state index contributed by atoms with van der Waals surface area (Å²) in [4.78, 5) is 0. The summed E-state index contributed by atoms with van der Waals surface area (Å²) in [7, 11) is 0. The fourth-order valence-corrected chi connectivity index (χ4v) is 21.9. The summed E-state index contributed by atoms with van der Waals surface area (Å²) in [5.74, 6) is 0. The zero-order valence-electron chi connectivity index (χ0n) is 16.5. The summed E-state index contributed by atoms with van der Waals surface area (Å²) in [6.45, 7) is 0. The van der Waals surface area contributed by atoms with Crippen LogP contribution < -0.4 is 0 Å². The number of hydrogen-bond acceptors (Lipinski definition) is 12. The molecule has 0 nitrogen and oxygen atoms in total. The highest BCUT2D eigenvalue weighted by molar-refractivity contribution is 8.32. The lowest BCUT2D eigenvalue weighted by atomic mass is 10.4. The van der Waals surface area contributed by atoms with Gasteiger partial charge in [-0.25, -0.2) is 0 Å². The van der Waals surface area contributed by atoms with E-state index < -0.39 is 0 Å². The quantitative estimate of drug-likeness (QED) is 0.159. The van der Waals surface area contributed by atoms with E-state index in [0.717, 1.165) is 0 Å². The Balaban J connectivity index is 1.19. The van der Waals surface area contributed by atoms with Gasteiger partial charge in [0.1, 0.15) is 15.4 Å². The van der Waals surface area contributed by atoms with Crippen LogP contribution in [0.15, 0.2) is 73.8 Å². The van der Waals surface area contributed by atoms with Crippen LogP contribution in [0, 0.1) is 15.4 Å². The predicted molar refractivity (Wildman–Crippen MR) is 167 cm³/mol. The van der Waals surface area contributed by atoms with Crippen LogP contribution in [0.5, 0.6) is 0 Å². The van der Waals surface area contributed by atoms with Gasteiger partial charge < -0.3 is 0 Å². The zero-order valence-corrected chi connectivity index (χ0v) is 26.3. The van der Waals surface area contributed by atoms with Crippen molar-refractivity contribution in [1.82, 2.24) is 0 Å². The summed E-state index contributed by atoms with van der Waals surface area (Å²) in [6.07, 6.45) is 0. The first-order valence-corrected chi connectivity index (χ1v) is 19.6. The molecule has 2 aromatic rings. The molecule has 6 aliphatic rings. The van der Waals surface area contributed by atoms with Crippen molar-refractivity contribution < 1.29 is 0 Å². The van der Waals surface area contributed by atoms with Crippen LogP contribution >= 0.6 is 138 Å². The Morgan fingerprint density at radius 3 is 0.853 bits per heavy atom. The van der Waals surface area contributed by atoms with Crippen molar-refractivity contribution in [2.24, 2.45) is 0 Å². The van der Waals surface area contributed by atoms with Crippen molar-refractivity contribution in [1.29, 1.82) is 0 Å². The Morgan fingerprint density at radius 1 is 0.324 bits per heavy atom. The fraction of sp³-hybridized carbons (Fsp3) is 0. The molecule has 34 heavy (non-hydrogen) atoms. The smallest absolute Gasteiger partial charge is 0.108 e. The van der Waals surface area contributed by atoms with Gasteiger partial charge in [0.05, 0.1) is 25.3 Å². The van der Waals surface area contributed by atoms with Gasteiger partial charge in [-0.1, -0.05) is 71.3 Å². The van der Waals surface area contributed by atoms with E-state index in [1.54, 1.807) is 0 Å². The van der Waals surface area contributed by atoms with E-state index in [1.165, 1.54) is 59.5 Å². The normalized spacial score (nSPS) is 15.1. The first-order valence-electron chi connectivity index (χ1n) is 9.80. The topological polar surface area (TPSA) is 0 Å². The second kappa shape index (κ2) is 8.95. The minimum absolute atomic E-state index is 1.39. The van der Waals surface area contributed by atoms with Gasteiger partial charge in [-0.05, 0) is 24.3 Å².